The lowest BCUT2D eigenvalue weighted by molar-refractivity contribution is -0.154. The molecular formula is C13H15F3N2O4. The Morgan fingerprint density at radius 1 is 1.41 bits per heavy atom. The van der Waals surface area contributed by atoms with E-state index in [2.05, 4.69) is 9.72 Å². The molecule has 1 rings (SSSR count). The number of amides is 1. The Balaban J connectivity index is 2.65. The van der Waals surface area contributed by atoms with Crippen LogP contribution in [0.4, 0.5) is 13.2 Å². The summed E-state index contributed by atoms with van der Waals surface area (Å²) in [5, 5.41) is 8.79. The quantitative estimate of drug-likeness (QED) is 0.865. The van der Waals surface area contributed by atoms with E-state index in [4.69, 9.17) is 5.11 Å². The third kappa shape index (κ3) is 5.58. The van der Waals surface area contributed by atoms with Gasteiger partial charge in [0.15, 0.2) is 6.61 Å². The van der Waals surface area contributed by atoms with E-state index >= 15 is 0 Å². The molecule has 6 nitrogen and oxygen atoms in total. The van der Waals surface area contributed by atoms with Gasteiger partial charge in [0.2, 0.25) is 5.88 Å². The third-order valence-electron chi connectivity index (χ3n) is 2.68. The van der Waals surface area contributed by atoms with E-state index in [0.29, 0.717) is 0 Å². The summed E-state index contributed by atoms with van der Waals surface area (Å²) in [6.45, 7) is -0.0117. The molecule has 1 atom stereocenters. The summed E-state index contributed by atoms with van der Waals surface area (Å²) in [6, 6.07) is 2.41. The first-order valence-electron chi connectivity index (χ1n) is 6.24. The first-order chi connectivity index (χ1) is 10.1. The van der Waals surface area contributed by atoms with Crippen LogP contribution in [0.2, 0.25) is 0 Å². The third-order valence-corrected chi connectivity index (χ3v) is 2.68. The molecule has 0 fully saturated rings. The molecule has 0 aliphatic rings. The van der Waals surface area contributed by atoms with Crippen molar-refractivity contribution >= 4 is 11.9 Å². The molecule has 0 aromatic carbocycles. The fourth-order valence-corrected chi connectivity index (χ4v) is 1.54. The molecule has 9 heteroatoms. The SMILES string of the molecule is CC(CN(C)C(=O)c1ccc(OCC(F)(F)F)nc1)C(=O)O. The molecule has 1 aromatic heterocycles. The predicted octanol–water partition coefficient (Wildman–Crippen LogP) is 1.82. The Bertz CT molecular complexity index is 531. The smallest absolute Gasteiger partial charge is 0.422 e. The Morgan fingerprint density at radius 3 is 2.50 bits per heavy atom. The highest BCUT2D eigenvalue weighted by Crippen LogP contribution is 2.17. The monoisotopic (exact) mass is 320 g/mol. The van der Waals surface area contributed by atoms with Crippen molar-refractivity contribution in [3.63, 3.8) is 0 Å². The average molecular weight is 320 g/mol. The number of carbonyl (C=O) groups excluding carboxylic acids is 1. The van der Waals surface area contributed by atoms with Crippen LogP contribution in [0, 0.1) is 5.92 Å². The fraction of sp³-hybridized carbons (Fsp3) is 0.462. The normalized spacial score (nSPS) is 12.6. The second-order valence-electron chi connectivity index (χ2n) is 4.71. The molecule has 22 heavy (non-hydrogen) atoms. The predicted molar refractivity (Wildman–Crippen MR) is 69.5 cm³/mol. The molecule has 1 N–H and O–H groups in total. The molecular weight excluding hydrogens is 305 g/mol. The number of hydrogen-bond acceptors (Lipinski definition) is 4. The number of pyridine rings is 1. The zero-order valence-electron chi connectivity index (χ0n) is 11.9. The van der Waals surface area contributed by atoms with Gasteiger partial charge in [-0.25, -0.2) is 4.98 Å². The number of carboxylic acids is 1. The first-order valence-corrected chi connectivity index (χ1v) is 6.24. The molecule has 0 saturated heterocycles. The topological polar surface area (TPSA) is 79.7 Å². The molecule has 1 unspecified atom stereocenters. The lowest BCUT2D eigenvalue weighted by Crippen LogP contribution is -2.33. The van der Waals surface area contributed by atoms with Crippen LogP contribution in [0.25, 0.3) is 0 Å². The minimum atomic E-state index is -4.47. The first kappa shape index (κ1) is 17.7. The highest BCUT2D eigenvalue weighted by molar-refractivity contribution is 5.94. The number of halogens is 3. The van der Waals surface area contributed by atoms with E-state index in [1.807, 2.05) is 0 Å². The van der Waals surface area contributed by atoms with Gasteiger partial charge in [0, 0.05) is 25.9 Å². The largest absolute Gasteiger partial charge is 0.481 e. The summed E-state index contributed by atoms with van der Waals surface area (Å²) in [7, 11) is 1.43. The van der Waals surface area contributed by atoms with Crippen LogP contribution in [0.3, 0.4) is 0 Å². The van der Waals surface area contributed by atoms with E-state index in [9.17, 15) is 22.8 Å². The van der Waals surface area contributed by atoms with Crippen molar-refractivity contribution in [1.29, 1.82) is 0 Å². The van der Waals surface area contributed by atoms with Crippen LogP contribution in [-0.2, 0) is 4.79 Å². The maximum absolute atomic E-state index is 12.0. The van der Waals surface area contributed by atoms with E-state index in [-0.39, 0.29) is 18.0 Å². The van der Waals surface area contributed by atoms with Crippen molar-refractivity contribution in [2.24, 2.45) is 5.92 Å². The summed E-state index contributed by atoms with van der Waals surface area (Å²) >= 11 is 0. The second-order valence-corrected chi connectivity index (χ2v) is 4.71. The standard InChI is InChI=1S/C13H15F3N2O4/c1-8(12(20)21)6-18(2)11(19)9-3-4-10(17-5-9)22-7-13(14,15)16/h3-5,8H,6-7H2,1-2H3,(H,20,21). The highest BCUT2D eigenvalue weighted by atomic mass is 19.4. The summed E-state index contributed by atoms with van der Waals surface area (Å²) in [5.74, 6) is -2.51. The number of rotatable bonds is 6. The van der Waals surface area contributed by atoms with Crippen LogP contribution in [0.15, 0.2) is 18.3 Å². The minimum Gasteiger partial charge on any atom is -0.481 e. The maximum Gasteiger partial charge on any atom is 0.422 e. The summed E-state index contributed by atoms with van der Waals surface area (Å²) < 4.78 is 40.4. The lowest BCUT2D eigenvalue weighted by Gasteiger charge is -2.19. The van der Waals surface area contributed by atoms with E-state index in [1.165, 1.54) is 24.9 Å². The molecule has 1 amide bonds. The number of alkyl halides is 3. The molecule has 122 valence electrons. The van der Waals surface area contributed by atoms with Crippen molar-refractivity contribution in [2.45, 2.75) is 13.1 Å². The summed E-state index contributed by atoms with van der Waals surface area (Å²) in [5.41, 5.74) is 0.124. The van der Waals surface area contributed by atoms with E-state index < -0.39 is 30.6 Å². The Kier molecular flexibility index (Phi) is 5.72. The Hall–Kier alpha value is -2.32. The number of aliphatic carboxylic acids is 1. The van der Waals surface area contributed by atoms with Gasteiger partial charge in [-0.15, -0.1) is 0 Å². The number of hydrogen-bond donors (Lipinski definition) is 1. The van der Waals surface area contributed by atoms with Gasteiger partial charge in [-0.1, -0.05) is 6.92 Å². The van der Waals surface area contributed by atoms with Crippen LogP contribution >= 0.6 is 0 Å². The van der Waals surface area contributed by atoms with Gasteiger partial charge in [-0.3, -0.25) is 9.59 Å². The number of nitrogens with zero attached hydrogens (tertiary/aromatic N) is 2. The van der Waals surface area contributed by atoms with Gasteiger partial charge in [-0.05, 0) is 6.07 Å². The van der Waals surface area contributed by atoms with Gasteiger partial charge in [-0.2, -0.15) is 13.2 Å². The molecule has 0 saturated carbocycles. The Morgan fingerprint density at radius 2 is 2.05 bits per heavy atom. The van der Waals surface area contributed by atoms with Gasteiger partial charge in [0.1, 0.15) is 0 Å². The van der Waals surface area contributed by atoms with Crippen LogP contribution in [0.1, 0.15) is 17.3 Å². The lowest BCUT2D eigenvalue weighted by atomic mass is 10.1. The van der Waals surface area contributed by atoms with Gasteiger partial charge >= 0.3 is 12.1 Å². The molecule has 1 heterocycles. The summed E-state index contributed by atoms with van der Waals surface area (Å²) in [4.78, 5) is 27.5. The van der Waals surface area contributed by atoms with E-state index in [1.54, 1.807) is 0 Å². The van der Waals surface area contributed by atoms with Crippen molar-refractivity contribution < 1.29 is 32.6 Å². The zero-order chi connectivity index (χ0) is 16.9. The number of ether oxygens (including phenoxy) is 1. The van der Waals surface area contributed by atoms with Crippen LogP contribution in [-0.4, -0.2) is 53.2 Å². The summed E-state index contributed by atoms with van der Waals surface area (Å²) in [6.07, 6.45) is -3.39. The van der Waals surface area contributed by atoms with E-state index in [0.717, 1.165) is 12.3 Å². The number of carboxylic acid groups (broad SMARTS) is 1. The van der Waals surface area contributed by atoms with Gasteiger partial charge in [0.25, 0.3) is 5.91 Å². The van der Waals surface area contributed by atoms with Crippen molar-refractivity contribution in [1.82, 2.24) is 9.88 Å². The number of aromatic nitrogens is 1. The van der Waals surface area contributed by atoms with Crippen molar-refractivity contribution in [2.75, 3.05) is 20.2 Å². The molecule has 0 spiro atoms. The molecule has 0 aliphatic heterocycles. The Labute approximate surface area is 124 Å². The van der Waals surface area contributed by atoms with Crippen LogP contribution in [0.5, 0.6) is 5.88 Å². The van der Waals surface area contributed by atoms with Crippen molar-refractivity contribution in [3.8, 4) is 5.88 Å². The maximum atomic E-state index is 12.0. The molecule has 1 aromatic rings. The van der Waals surface area contributed by atoms with Crippen molar-refractivity contribution in [3.05, 3.63) is 23.9 Å². The molecule has 0 aliphatic carbocycles. The highest BCUT2D eigenvalue weighted by Gasteiger charge is 2.28. The average Bonchev–Trinajstić information content (AvgIpc) is 2.43. The zero-order valence-corrected chi connectivity index (χ0v) is 11.9. The minimum absolute atomic E-state index is 0.000488. The number of carbonyl (C=O) groups is 2. The fourth-order valence-electron chi connectivity index (χ4n) is 1.54. The van der Waals surface area contributed by atoms with Crippen LogP contribution < -0.4 is 4.74 Å². The van der Waals surface area contributed by atoms with Gasteiger partial charge < -0.3 is 14.7 Å². The molecule has 0 radical (unpaired) electrons. The second kappa shape index (κ2) is 7.10. The van der Waals surface area contributed by atoms with Gasteiger partial charge in [0.05, 0.1) is 11.5 Å². The molecule has 0 bridgehead atoms.